The number of sulfonamides is 1. The second kappa shape index (κ2) is 6.01. The lowest BCUT2D eigenvalue weighted by Crippen LogP contribution is -2.39. The van der Waals surface area contributed by atoms with E-state index < -0.39 is 10.0 Å². The highest BCUT2D eigenvalue weighted by molar-refractivity contribution is 7.89. The van der Waals surface area contributed by atoms with E-state index in [4.69, 9.17) is 9.47 Å². The second-order valence-electron chi connectivity index (χ2n) is 5.13. The molecule has 1 saturated heterocycles. The predicted molar refractivity (Wildman–Crippen MR) is 76.7 cm³/mol. The first kappa shape index (κ1) is 15.1. The van der Waals surface area contributed by atoms with Crippen LogP contribution in [0.3, 0.4) is 0 Å². The molecule has 20 heavy (non-hydrogen) atoms. The van der Waals surface area contributed by atoms with E-state index in [0.29, 0.717) is 30.5 Å². The molecule has 1 unspecified atom stereocenters. The van der Waals surface area contributed by atoms with Crippen LogP contribution in [0.15, 0.2) is 23.1 Å². The SMILES string of the molecule is COc1ccc(S(=O)(=O)N2CCCC(C)C2)c(OC)c1. The molecule has 1 atom stereocenters. The maximum atomic E-state index is 12.7. The van der Waals surface area contributed by atoms with E-state index >= 15 is 0 Å². The van der Waals surface area contributed by atoms with E-state index in [-0.39, 0.29) is 4.90 Å². The van der Waals surface area contributed by atoms with Gasteiger partial charge in [0, 0.05) is 19.2 Å². The first-order valence-electron chi connectivity index (χ1n) is 6.71. The number of benzene rings is 1. The van der Waals surface area contributed by atoms with Crippen LogP contribution < -0.4 is 9.47 Å². The van der Waals surface area contributed by atoms with Gasteiger partial charge in [0.05, 0.1) is 14.2 Å². The Labute approximate surface area is 120 Å². The van der Waals surface area contributed by atoms with E-state index in [1.165, 1.54) is 14.2 Å². The van der Waals surface area contributed by atoms with Gasteiger partial charge in [-0.05, 0) is 30.9 Å². The van der Waals surface area contributed by atoms with Crippen molar-refractivity contribution < 1.29 is 17.9 Å². The lowest BCUT2D eigenvalue weighted by atomic mass is 10.0. The quantitative estimate of drug-likeness (QED) is 0.854. The van der Waals surface area contributed by atoms with Crippen molar-refractivity contribution in [3.63, 3.8) is 0 Å². The second-order valence-corrected chi connectivity index (χ2v) is 7.03. The van der Waals surface area contributed by atoms with Crippen LogP contribution in [0.25, 0.3) is 0 Å². The van der Waals surface area contributed by atoms with Gasteiger partial charge in [0.2, 0.25) is 10.0 Å². The number of hydrogen-bond acceptors (Lipinski definition) is 4. The van der Waals surface area contributed by atoms with Gasteiger partial charge < -0.3 is 9.47 Å². The molecule has 6 heteroatoms. The Bertz CT molecular complexity index is 571. The van der Waals surface area contributed by atoms with Crippen molar-refractivity contribution in [2.75, 3.05) is 27.3 Å². The molecule has 0 spiro atoms. The van der Waals surface area contributed by atoms with E-state index in [2.05, 4.69) is 6.92 Å². The normalized spacial score (nSPS) is 20.6. The summed E-state index contributed by atoms with van der Waals surface area (Å²) >= 11 is 0. The zero-order chi connectivity index (χ0) is 14.8. The van der Waals surface area contributed by atoms with Gasteiger partial charge in [-0.1, -0.05) is 6.92 Å². The largest absolute Gasteiger partial charge is 0.497 e. The number of rotatable bonds is 4. The van der Waals surface area contributed by atoms with Crippen LogP contribution in [0.2, 0.25) is 0 Å². The summed E-state index contributed by atoms with van der Waals surface area (Å²) in [5, 5.41) is 0. The van der Waals surface area contributed by atoms with Crippen molar-refractivity contribution in [1.29, 1.82) is 0 Å². The number of ether oxygens (including phenoxy) is 2. The Morgan fingerprint density at radius 2 is 2.00 bits per heavy atom. The average Bonchev–Trinajstić information content (AvgIpc) is 2.46. The average molecular weight is 299 g/mol. The molecule has 0 saturated carbocycles. The topological polar surface area (TPSA) is 55.8 Å². The first-order chi connectivity index (χ1) is 9.48. The minimum absolute atomic E-state index is 0.204. The molecule has 0 aliphatic carbocycles. The van der Waals surface area contributed by atoms with Gasteiger partial charge in [0.25, 0.3) is 0 Å². The fraction of sp³-hybridized carbons (Fsp3) is 0.571. The highest BCUT2D eigenvalue weighted by atomic mass is 32.2. The summed E-state index contributed by atoms with van der Waals surface area (Å²) in [6.07, 6.45) is 1.98. The van der Waals surface area contributed by atoms with Gasteiger partial charge in [-0.2, -0.15) is 4.31 Å². The minimum Gasteiger partial charge on any atom is -0.497 e. The standard InChI is InChI=1S/C14H21NO4S/c1-11-5-4-8-15(10-11)20(16,17)14-7-6-12(18-2)9-13(14)19-3/h6-7,9,11H,4-5,8,10H2,1-3H3. The molecular formula is C14H21NO4S. The highest BCUT2D eigenvalue weighted by Gasteiger charge is 2.31. The molecular weight excluding hydrogens is 278 g/mol. The van der Waals surface area contributed by atoms with Gasteiger partial charge >= 0.3 is 0 Å². The third kappa shape index (κ3) is 2.91. The number of hydrogen-bond donors (Lipinski definition) is 0. The van der Waals surface area contributed by atoms with Crippen molar-refractivity contribution in [2.45, 2.75) is 24.7 Å². The predicted octanol–water partition coefficient (Wildman–Crippen LogP) is 2.12. The highest BCUT2D eigenvalue weighted by Crippen LogP contribution is 2.32. The van der Waals surface area contributed by atoms with Crippen LogP contribution >= 0.6 is 0 Å². The molecule has 1 aromatic rings. The van der Waals surface area contributed by atoms with Gasteiger partial charge in [-0.3, -0.25) is 0 Å². The molecule has 1 aromatic carbocycles. The molecule has 1 aliphatic rings. The molecule has 112 valence electrons. The monoisotopic (exact) mass is 299 g/mol. The van der Waals surface area contributed by atoms with E-state index in [1.807, 2.05) is 0 Å². The van der Waals surface area contributed by atoms with Crippen LogP contribution in [0.5, 0.6) is 11.5 Å². The fourth-order valence-corrected chi connectivity index (χ4v) is 4.23. The number of piperidine rings is 1. The first-order valence-corrected chi connectivity index (χ1v) is 8.15. The van der Waals surface area contributed by atoms with Crippen LogP contribution in [0, 0.1) is 5.92 Å². The zero-order valence-corrected chi connectivity index (χ0v) is 12.9. The number of methoxy groups -OCH3 is 2. The molecule has 0 bridgehead atoms. The van der Waals surface area contributed by atoms with E-state index in [0.717, 1.165) is 12.8 Å². The summed E-state index contributed by atoms with van der Waals surface area (Å²) in [6.45, 7) is 3.21. The molecule has 2 rings (SSSR count). The van der Waals surface area contributed by atoms with Crippen LogP contribution in [-0.2, 0) is 10.0 Å². The zero-order valence-electron chi connectivity index (χ0n) is 12.1. The van der Waals surface area contributed by atoms with Crippen LogP contribution in [0.4, 0.5) is 0 Å². The molecule has 1 heterocycles. The molecule has 5 nitrogen and oxygen atoms in total. The molecule has 1 fully saturated rings. The van der Waals surface area contributed by atoms with Crippen molar-refractivity contribution in [2.24, 2.45) is 5.92 Å². The summed E-state index contributed by atoms with van der Waals surface area (Å²) in [4.78, 5) is 0.204. The van der Waals surface area contributed by atoms with Gasteiger partial charge in [0.15, 0.2) is 0 Å². The van der Waals surface area contributed by atoms with E-state index in [9.17, 15) is 8.42 Å². The Morgan fingerprint density at radius 1 is 1.25 bits per heavy atom. The minimum atomic E-state index is -3.51. The Hall–Kier alpha value is -1.27. The van der Waals surface area contributed by atoms with E-state index in [1.54, 1.807) is 22.5 Å². The summed E-state index contributed by atoms with van der Waals surface area (Å²) in [5.74, 6) is 1.29. The Morgan fingerprint density at radius 3 is 2.60 bits per heavy atom. The lowest BCUT2D eigenvalue weighted by molar-refractivity contribution is 0.280. The lowest BCUT2D eigenvalue weighted by Gasteiger charge is -2.30. The summed E-state index contributed by atoms with van der Waals surface area (Å²) in [7, 11) is -0.508. The smallest absolute Gasteiger partial charge is 0.246 e. The molecule has 1 aliphatic heterocycles. The molecule has 0 amide bonds. The summed E-state index contributed by atoms with van der Waals surface area (Å²) < 4.78 is 37.3. The van der Waals surface area contributed by atoms with Gasteiger partial charge in [0.1, 0.15) is 16.4 Å². The molecule has 0 radical (unpaired) electrons. The Balaban J connectivity index is 2.38. The molecule has 0 aromatic heterocycles. The number of nitrogens with zero attached hydrogens (tertiary/aromatic N) is 1. The van der Waals surface area contributed by atoms with Gasteiger partial charge in [-0.15, -0.1) is 0 Å². The maximum absolute atomic E-state index is 12.7. The van der Waals surface area contributed by atoms with Crippen molar-refractivity contribution in [3.05, 3.63) is 18.2 Å². The maximum Gasteiger partial charge on any atom is 0.246 e. The van der Waals surface area contributed by atoms with Crippen molar-refractivity contribution in [3.8, 4) is 11.5 Å². The summed E-state index contributed by atoms with van der Waals surface area (Å²) in [5.41, 5.74) is 0. The van der Waals surface area contributed by atoms with Crippen LogP contribution in [-0.4, -0.2) is 40.0 Å². The third-order valence-electron chi connectivity index (χ3n) is 3.61. The molecule has 0 N–H and O–H groups in total. The fourth-order valence-electron chi connectivity index (χ4n) is 2.49. The summed E-state index contributed by atoms with van der Waals surface area (Å²) in [6, 6.07) is 4.79. The van der Waals surface area contributed by atoms with Gasteiger partial charge in [-0.25, -0.2) is 8.42 Å². The van der Waals surface area contributed by atoms with Crippen LogP contribution in [0.1, 0.15) is 19.8 Å². The van der Waals surface area contributed by atoms with Crippen molar-refractivity contribution in [1.82, 2.24) is 4.31 Å². The Kier molecular flexibility index (Phi) is 4.55. The van der Waals surface area contributed by atoms with Crippen molar-refractivity contribution >= 4 is 10.0 Å². The third-order valence-corrected chi connectivity index (χ3v) is 5.51.